The fourth-order valence-electron chi connectivity index (χ4n) is 2.06. The molecule has 0 radical (unpaired) electrons. The summed E-state index contributed by atoms with van der Waals surface area (Å²) < 4.78 is 12.9. The standard InChI is InChI=1S/C16H16FNO3S/c1-10-2-7-13(22-10)8-15(19)18-9-14(16(20)21)11-3-5-12(17)6-4-11/h2-7,14H,8-9H2,1H3,(H,18,19)(H,20,21). The van der Waals surface area contributed by atoms with Gasteiger partial charge in [-0.1, -0.05) is 12.1 Å². The summed E-state index contributed by atoms with van der Waals surface area (Å²) in [6.07, 6.45) is 0.230. The van der Waals surface area contributed by atoms with Crippen LogP contribution in [0.5, 0.6) is 0 Å². The van der Waals surface area contributed by atoms with Crippen LogP contribution in [0.4, 0.5) is 4.39 Å². The number of rotatable bonds is 6. The van der Waals surface area contributed by atoms with Gasteiger partial charge in [-0.3, -0.25) is 9.59 Å². The molecule has 116 valence electrons. The van der Waals surface area contributed by atoms with E-state index in [-0.39, 0.29) is 18.9 Å². The molecule has 0 aliphatic rings. The van der Waals surface area contributed by atoms with E-state index in [1.807, 2.05) is 19.1 Å². The first-order valence-electron chi connectivity index (χ1n) is 6.76. The Hall–Kier alpha value is -2.21. The lowest BCUT2D eigenvalue weighted by atomic mass is 9.99. The minimum atomic E-state index is -1.06. The average molecular weight is 321 g/mol. The lowest BCUT2D eigenvalue weighted by molar-refractivity contribution is -0.138. The highest BCUT2D eigenvalue weighted by Crippen LogP contribution is 2.17. The molecule has 1 amide bonds. The highest BCUT2D eigenvalue weighted by atomic mass is 32.1. The van der Waals surface area contributed by atoms with Gasteiger partial charge in [-0.2, -0.15) is 0 Å². The molecule has 0 saturated heterocycles. The molecule has 1 aromatic carbocycles. The van der Waals surface area contributed by atoms with Crippen molar-refractivity contribution in [3.8, 4) is 0 Å². The van der Waals surface area contributed by atoms with Gasteiger partial charge in [0.25, 0.3) is 0 Å². The Labute approximate surface area is 131 Å². The monoisotopic (exact) mass is 321 g/mol. The Bertz CT molecular complexity index is 666. The molecule has 0 aliphatic heterocycles. The Balaban J connectivity index is 1.95. The SMILES string of the molecule is Cc1ccc(CC(=O)NCC(C(=O)O)c2ccc(F)cc2)s1. The summed E-state index contributed by atoms with van der Waals surface area (Å²) in [5.74, 6) is -2.60. The maximum Gasteiger partial charge on any atom is 0.312 e. The number of aryl methyl sites for hydroxylation is 1. The first-order valence-corrected chi connectivity index (χ1v) is 7.57. The number of carboxylic acid groups (broad SMARTS) is 1. The molecule has 0 saturated carbocycles. The van der Waals surface area contributed by atoms with Gasteiger partial charge in [0.1, 0.15) is 5.82 Å². The van der Waals surface area contributed by atoms with Crippen LogP contribution >= 0.6 is 11.3 Å². The molecule has 1 atom stereocenters. The van der Waals surface area contributed by atoms with Crippen LogP contribution in [-0.4, -0.2) is 23.5 Å². The third-order valence-corrected chi connectivity index (χ3v) is 4.21. The first kappa shape index (κ1) is 16.2. The molecule has 2 aromatic rings. The number of carbonyl (C=O) groups is 2. The smallest absolute Gasteiger partial charge is 0.312 e. The number of carboxylic acids is 1. The van der Waals surface area contributed by atoms with Gasteiger partial charge in [-0.15, -0.1) is 11.3 Å². The fraction of sp³-hybridized carbons (Fsp3) is 0.250. The summed E-state index contributed by atoms with van der Waals surface area (Å²) in [4.78, 5) is 25.2. The molecule has 0 fully saturated rings. The van der Waals surface area contributed by atoms with Crippen LogP contribution in [-0.2, 0) is 16.0 Å². The quantitative estimate of drug-likeness (QED) is 0.860. The maximum absolute atomic E-state index is 12.9. The Morgan fingerprint density at radius 3 is 2.45 bits per heavy atom. The maximum atomic E-state index is 12.9. The van der Waals surface area contributed by atoms with Crippen LogP contribution < -0.4 is 5.32 Å². The molecule has 6 heteroatoms. The summed E-state index contributed by atoms with van der Waals surface area (Å²) in [5.41, 5.74) is 0.459. The third-order valence-electron chi connectivity index (χ3n) is 3.20. The van der Waals surface area contributed by atoms with Crippen molar-refractivity contribution in [3.05, 3.63) is 57.5 Å². The number of hydrogen-bond donors (Lipinski definition) is 2. The van der Waals surface area contributed by atoms with Gasteiger partial charge in [-0.25, -0.2) is 4.39 Å². The van der Waals surface area contributed by atoms with E-state index in [1.165, 1.54) is 35.6 Å². The van der Waals surface area contributed by atoms with E-state index in [9.17, 15) is 19.1 Å². The van der Waals surface area contributed by atoms with E-state index in [4.69, 9.17) is 0 Å². The molecule has 0 aliphatic carbocycles. The molecule has 2 rings (SSSR count). The van der Waals surface area contributed by atoms with Crippen molar-refractivity contribution in [1.82, 2.24) is 5.32 Å². The fourth-order valence-corrected chi connectivity index (χ4v) is 2.95. The third kappa shape index (κ3) is 4.39. The van der Waals surface area contributed by atoms with Gasteiger partial charge in [0.15, 0.2) is 0 Å². The number of amides is 1. The summed E-state index contributed by atoms with van der Waals surface area (Å²) >= 11 is 1.54. The summed E-state index contributed by atoms with van der Waals surface area (Å²) in [7, 11) is 0. The molecule has 1 unspecified atom stereocenters. The zero-order valence-electron chi connectivity index (χ0n) is 12.0. The number of halogens is 1. The number of benzene rings is 1. The molecule has 4 nitrogen and oxygen atoms in total. The number of hydrogen-bond acceptors (Lipinski definition) is 3. The van der Waals surface area contributed by atoms with E-state index in [2.05, 4.69) is 5.32 Å². The van der Waals surface area contributed by atoms with Gasteiger partial charge in [0.2, 0.25) is 5.91 Å². The van der Waals surface area contributed by atoms with Crippen molar-refractivity contribution in [2.24, 2.45) is 0 Å². The summed E-state index contributed by atoms with van der Waals surface area (Å²) in [6, 6.07) is 9.08. The second-order valence-electron chi connectivity index (χ2n) is 4.94. The van der Waals surface area contributed by atoms with Crippen LogP contribution in [0.2, 0.25) is 0 Å². The molecule has 1 aromatic heterocycles. The zero-order valence-corrected chi connectivity index (χ0v) is 12.8. The van der Waals surface area contributed by atoms with Gasteiger partial charge in [0, 0.05) is 16.3 Å². The normalized spacial score (nSPS) is 11.9. The Morgan fingerprint density at radius 2 is 1.91 bits per heavy atom. The highest BCUT2D eigenvalue weighted by Gasteiger charge is 2.20. The minimum absolute atomic E-state index is 0.0237. The minimum Gasteiger partial charge on any atom is -0.481 e. The molecule has 22 heavy (non-hydrogen) atoms. The van der Waals surface area contributed by atoms with Crippen LogP contribution in [0.1, 0.15) is 21.2 Å². The predicted octanol–water partition coefficient (Wildman–Crippen LogP) is 2.72. The van der Waals surface area contributed by atoms with Crippen LogP contribution in [0.15, 0.2) is 36.4 Å². The number of nitrogens with one attached hydrogen (secondary N) is 1. The van der Waals surface area contributed by atoms with E-state index in [1.54, 1.807) is 0 Å². The molecule has 1 heterocycles. The Kier molecular flexibility index (Phi) is 5.27. The number of carbonyl (C=O) groups excluding carboxylic acids is 1. The predicted molar refractivity (Wildman–Crippen MR) is 82.5 cm³/mol. The van der Waals surface area contributed by atoms with Crippen LogP contribution in [0, 0.1) is 12.7 Å². The van der Waals surface area contributed by atoms with Crippen molar-refractivity contribution in [3.63, 3.8) is 0 Å². The first-order chi connectivity index (χ1) is 10.5. The summed E-state index contributed by atoms with van der Waals surface area (Å²) in [6.45, 7) is 1.94. The van der Waals surface area contributed by atoms with Crippen LogP contribution in [0.3, 0.4) is 0 Å². The van der Waals surface area contributed by atoms with Crippen molar-refractivity contribution >= 4 is 23.2 Å². The largest absolute Gasteiger partial charge is 0.481 e. The van der Waals surface area contributed by atoms with Gasteiger partial charge >= 0.3 is 5.97 Å². The molecule has 0 spiro atoms. The summed E-state index contributed by atoms with van der Waals surface area (Å²) in [5, 5.41) is 11.9. The number of aliphatic carboxylic acids is 1. The van der Waals surface area contributed by atoms with E-state index < -0.39 is 17.7 Å². The Morgan fingerprint density at radius 1 is 1.23 bits per heavy atom. The lowest BCUT2D eigenvalue weighted by Gasteiger charge is -2.13. The second-order valence-corrected chi connectivity index (χ2v) is 6.31. The van der Waals surface area contributed by atoms with Crippen molar-refractivity contribution in [2.45, 2.75) is 19.3 Å². The van der Waals surface area contributed by atoms with Gasteiger partial charge in [0.05, 0.1) is 12.3 Å². The van der Waals surface area contributed by atoms with E-state index in [0.717, 1.165) is 9.75 Å². The number of thiophene rings is 1. The molecule has 2 N–H and O–H groups in total. The van der Waals surface area contributed by atoms with Crippen molar-refractivity contribution in [1.29, 1.82) is 0 Å². The second kappa shape index (κ2) is 7.17. The molecule has 0 bridgehead atoms. The molecular formula is C16H16FNO3S. The highest BCUT2D eigenvalue weighted by molar-refractivity contribution is 7.12. The van der Waals surface area contributed by atoms with Crippen molar-refractivity contribution in [2.75, 3.05) is 6.54 Å². The molecular weight excluding hydrogens is 305 g/mol. The zero-order chi connectivity index (χ0) is 16.1. The van der Waals surface area contributed by atoms with Gasteiger partial charge in [-0.05, 0) is 36.8 Å². The topological polar surface area (TPSA) is 66.4 Å². The van der Waals surface area contributed by atoms with Gasteiger partial charge < -0.3 is 10.4 Å². The lowest BCUT2D eigenvalue weighted by Crippen LogP contribution is -2.32. The van der Waals surface area contributed by atoms with E-state index in [0.29, 0.717) is 5.56 Å². The van der Waals surface area contributed by atoms with Crippen molar-refractivity contribution < 1.29 is 19.1 Å². The van der Waals surface area contributed by atoms with E-state index >= 15 is 0 Å². The average Bonchev–Trinajstić information content (AvgIpc) is 2.86. The van der Waals surface area contributed by atoms with Crippen LogP contribution in [0.25, 0.3) is 0 Å².